The van der Waals surface area contributed by atoms with Gasteiger partial charge in [-0.3, -0.25) is 14.9 Å². The molecule has 0 radical (unpaired) electrons. The van der Waals surface area contributed by atoms with Gasteiger partial charge in [-0.1, -0.05) is 0 Å². The van der Waals surface area contributed by atoms with Crippen LogP contribution >= 0.6 is 0 Å². The molecule has 0 spiro atoms. The lowest BCUT2D eigenvalue weighted by Gasteiger charge is -2.08. The van der Waals surface area contributed by atoms with Crippen molar-refractivity contribution in [3.05, 3.63) is 34.1 Å². The molecule has 1 aromatic carbocycles. The fourth-order valence-corrected chi connectivity index (χ4v) is 1.17. The number of nitrogens with one attached hydrogen (secondary N) is 1. The molecule has 0 saturated heterocycles. The van der Waals surface area contributed by atoms with Gasteiger partial charge in [0.25, 0.3) is 5.69 Å². The molecule has 0 bridgehead atoms. The van der Waals surface area contributed by atoms with E-state index in [2.05, 4.69) is 4.74 Å². The lowest BCUT2D eigenvalue weighted by atomic mass is 10.2. The van der Waals surface area contributed by atoms with Gasteiger partial charge in [-0.05, 0) is 6.07 Å². The van der Waals surface area contributed by atoms with Crippen LogP contribution < -0.4 is 5.32 Å². The minimum atomic E-state index is -4.59. The summed E-state index contributed by atoms with van der Waals surface area (Å²) in [6.45, 7) is -2.58. The lowest BCUT2D eigenvalue weighted by molar-refractivity contribution is -0.384. The van der Waals surface area contributed by atoms with Crippen LogP contribution in [0, 0.1) is 15.9 Å². The Morgan fingerprint density at radius 1 is 1.40 bits per heavy atom. The second-order valence-electron chi connectivity index (χ2n) is 3.58. The third-order valence-corrected chi connectivity index (χ3v) is 1.93. The first kappa shape index (κ1) is 15.8. The first-order valence-electron chi connectivity index (χ1n) is 5.07. The van der Waals surface area contributed by atoms with Crippen LogP contribution in [0.1, 0.15) is 0 Å². The van der Waals surface area contributed by atoms with E-state index in [0.717, 1.165) is 18.2 Å². The van der Waals surface area contributed by atoms with Gasteiger partial charge in [0.15, 0.2) is 0 Å². The van der Waals surface area contributed by atoms with Crippen LogP contribution in [0.2, 0.25) is 0 Å². The number of halogens is 4. The monoisotopic (exact) mass is 296 g/mol. The molecule has 110 valence electrons. The average molecular weight is 296 g/mol. The smallest absolute Gasteiger partial charge is 0.362 e. The second kappa shape index (κ2) is 6.28. The Hall–Kier alpha value is -2.23. The molecule has 20 heavy (non-hydrogen) atoms. The summed E-state index contributed by atoms with van der Waals surface area (Å²) in [5.74, 6) is -2.02. The Balaban J connectivity index is 2.62. The van der Waals surface area contributed by atoms with Crippen molar-refractivity contribution in [2.45, 2.75) is 6.18 Å². The minimum absolute atomic E-state index is 0.474. The molecule has 0 aliphatic heterocycles. The highest BCUT2D eigenvalue weighted by molar-refractivity contribution is 5.92. The highest BCUT2D eigenvalue weighted by Crippen LogP contribution is 2.21. The fourth-order valence-electron chi connectivity index (χ4n) is 1.17. The average Bonchev–Trinajstić information content (AvgIpc) is 2.30. The minimum Gasteiger partial charge on any atom is -0.362 e. The second-order valence-corrected chi connectivity index (χ2v) is 3.58. The SMILES string of the molecule is O=C(COCC(F)(F)F)Nc1cc([N+](=O)[O-])ccc1F. The predicted molar refractivity (Wildman–Crippen MR) is 58.6 cm³/mol. The summed E-state index contributed by atoms with van der Waals surface area (Å²) in [6, 6.07) is 2.38. The topological polar surface area (TPSA) is 81.5 Å². The van der Waals surface area contributed by atoms with E-state index in [9.17, 15) is 32.5 Å². The molecule has 10 heteroatoms. The van der Waals surface area contributed by atoms with E-state index in [1.165, 1.54) is 0 Å². The van der Waals surface area contributed by atoms with Crippen LogP contribution in [0.25, 0.3) is 0 Å². The van der Waals surface area contributed by atoms with Gasteiger partial charge in [0.05, 0.1) is 10.6 Å². The number of benzene rings is 1. The number of nitro groups is 1. The Bertz CT molecular complexity index is 518. The van der Waals surface area contributed by atoms with E-state index >= 15 is 0 Å². The summed E-state index contributed by atoms with van der Waals surface area (Å²) in [5, 5.41) is 12.3. The number of nitrogens with zero attached hydrogens (tertiary/aromatic N) is 1. The highest BCUT2D eigenvalue weighted by atomic mass is 19.4. The molecule has 0 atom stereocenters. The number of anilines is 1. The quantitative estimate of drug-likeness (QED) is 0.513. The molecule has 0 aromatic heterocycles. The highest BCUT2D eigenvalue weighted by Gasteiger charge is 2.27. The number of ether oxygens (including phenoxy) is 1. The number of amides is 1. The normalized spacial score (nSPS) is 11.2. The Morgan fingerprint density at radius 2 is 2.05 bits per heavy atom. The molecule has 1 rings (SSSR count). The van der Waals surface area contributed by atoms with Crippen molar-refractivity contribution in [2.24, 2.45) is 0 Å². The van der Waals surface area contributed by atoms with E-state index < -0.39 is 47.4 Å². The number of alkyl halides is 3. The number of non-ortho nitro benzene ring substituents is 1. The van der Waals surface area contributed by atoms with E-state index in [-0.39, 0.29) is 0 Å². The maximum atomic E-state index is 13.2. The number of carbonyl (C=O) groups excluding carboxylic acids is 1. The van der Waals surface area contributed by atoms with Gasteiger partial charge in [0.1, 0.15) is 19.0 Å². The van der Waals surface area contributed by atoms with Crippen molar-refractivity contribution in [3.63, 3.8) is 0 Å². The van der Waals surface area contributed by atoms with Crippen molar-refractivity contribution in [1.82, 2.24) is 0 Å². The van der Waals surface area contributed by atoms with Crippen LogP contribution in [0.3, 0.4) is 0 Å². The Labute approximate surface area is 109 Å². The maximum absolute atomic E-state index is 13.2. The molecule has 1 amide bonds. The van der Waals surface area contributed by atoms with Gasteiger partial charge in [0.2, 0.25) is 5.91 Å². The molecule has 0 saturated carbocycles. The first-order valence-corrected chi connectivity index (χ1v) is 5.07. The van der Waals surface area contributed by atoms with Gasteiger partial charge < -0.3 is 10.1 Å². The molecule has 6 nitrogen and oxygen atoms in total. The predicted octanol–water partition coefficient (Wildman–Crippen LogP) is 2.25. The molecular formula is C10H8F4N2O4. The number of hydrogen-bond acceptors (Lipinski definition) is 4. The summed E-state index contributed by atoms with van der Waals surface area (Å²) < 4.78 is 52.5. The van der Waals surface area contributed by atoms with Crippen LogP contribution in [-0.2, 0) is 9.53 Å². The van der Waals surface area contributed by atoms with Gasteiger partial charge >= 0.3 is 6.18 Å². The number of rotatable bonds is 5. The van der Waals surface area contributed by atoms with Gasteiger partial charge in [-0.15, -0.1) is 0 Å². The Morgan fingerprint density at radius 3 is 2.60 bits per heavy atom. The zero-order chi connectivity index (χ0) is 15.3. The van der Waals surface area contributed by atoms with Crippen molar-refractivity contribution in [1.29, 1.82) is 0 Å². The number of hydrogen-bond donors (Lipinski definition) is 1. The van der Waals surface area contributed by atoms with E-state index in [4.69, 9.17) is 0 Å². The number of carbonyl (C=O) groups is 1. The Kier molecular flexibility index (Phi) is 4.97. The van der Waals surface area contributed by atoms with Crippen LogP contribution in [0.4, 0.5) is 28.9 Å². The zero-order valence-electron chi connectivity index (χ0n) is 9.74. The lowest BCUT2D eigenvalue weighted by Crippen LogP contribution is -2.24. The van der Waals surface area contributed by atoms with Crippen molar-refractivity contribution in [2.75, 3.05) is 18.5 Å². The molecule has 0 heterocycles. The van der Waals surface area contributed by atoms with Crippen LogP contribution in [0.15, 0.2) is 18.2 Å². The maximum Gasteiger partial charge on any atom is 0.411 e. The van der Waals surface area contributed by atoms with Crippen LogP contribution in [0.5, 0.6) is 0 Å². The van der Waals surface area contributed by atoms with E-state index in [1.807, 2.05) is 5.32 Å². The van der Waals surface area contributed by atoms with Crippen molar-refractivity contribution >= 4 is 17.3 Å². The van der Waals surface area contributed by atoms with E-state index in [0.29, 0.717) is 0 Å². The molecule has 0 aliphatic rings. The van der Waals surface area contributed by atoms with E-state index in [1.54, 1.807) is 0 Å². The summed E-state index contributed by atoms with van der Waals surface area (Å²) in [7, 11) is 0. The largest absolute Gasteiger partial charge is 0.411 e. The third kappa shape index (κ3) is 5.18. The summed E-state index contributed by atoms with van der Waals surface area (Å²) in [5.41, 5.74) is -0.988. The summed E-state index contributed by atoms with van der Waals surface area (Å²) >= 11 is 0. The molecule has 0 unspecified atom stereocenters. The molecule has 0 aliphatic carbocycles. The molecule has 0 fully saturated rings. The number of nitro benzene ring substituents is 1. The van der Waals surface area contributed by atoms with Crippen molar-refractivity contribution < 1.29 is 32.0 Å². The van der Waals surface area contributed by atoms with Gasteiger partial charge in [-0.2, -0.15) is 13.2 Å². The molecule has 1 aromatic rings. The first-order chi connectivity index (χ1) is 9.19. The standard InChI is InChI=1S/C10H8F4N2O4/c11-7-2-1-6(16(18)19)3-8(7)15-9(17)4-20-5-10(12,13)14/h1-3H,4-5H2,(H,15,17). The molecule has 1 N–H and O–H groups in total. The fraction of sp³-hybridized carbons (Fsp3) is 0.300. The summed E-state index contributed by atoms with van der Waals surface area (Å²) in [6.07, 6.45) is -4.59. The molecular weight excluding hydrogens is 288 g/mol. The van der Waals surface area contributed by atoms with Gasteiger partial charge in [0, 0.05) is 12.1 Å². The van der Waals surface area contributed by atoms with Crippen molar-refractivity contribution in [3.8, 4) is 0 Å². The zero-order valence-corrected chi connectivity index (χ0v) is 9.74. The van der Waals surface area contributed by atoms with Gasteiger partial charge in [-0.25, -0.2) is 4.39 Å². The summed E-state index contributed by atoms with van der Waals surface area (Å²) in [4.78, 5) is 20.8. The third-order valence-electron chi connectivity index (χ3n) is 1.93. The van der Waals surface area contributed by atoms with Crippen LogP contribution in [-0.4, -0.2) is 30.2 Å².